The molecule has 0 radical (unpaired) electrons. The standard InChI is InChI=1S/C42H27N.2C36H23N/c1-2-14-33-31(12-1)32-13-3-4-15-34(32)39-25-28(21-22-37(33)39)27-10-7-11-29(24-27)30-16-8-17-35-36-18-9-19-38(41(36)26-40(30)35)42-20-5-6-23-43-42;1-2-9-26-25(8-1)21-35-27(26)14-7-15-33(35)36-22-24(18-19-37-36)23-16-17-32-30-12-4-3-10-28(30)29-11-5-6-13-31(29)34(32)20-23;1-2-8-28-25(7-1)19-26-14-13-23(20-34(26)28)24-17-18-37-36(22-24)27-15-16-33-31-11-4-3-9-29(31)30-10-5-6-12-32(30)35(33)21-27/h1-25H,26H2;1-20,22H,21H2;1-18,20-22H,19H2. The first-order valence-electron chi connectivity index (χ1n) is 40.6. The Bertz CT molecular complexity index is 7750. The van der Waals surface area contributed by atoms with Crippen LogP contribution < -0.4 is 0 Å². The summed E-state index contributed by atoms with van der Waals surface area (Å²) in [4.78, 5) is 14.3. The van der Waals surface area contributed by atoms with Gasteiger partial charge in [0, 0.05) is 35.3 Å². The van der Waals surface area contributed by atoms with Crippen molar-refractivity contribution in [3.8, 4) is 112 Å². The minimum Gasteiger partial charge on any atom is -0.256 e. The number of hydrogen-bond donors (Lipinski definition) is 0. The van der Waals surface area contributed by atoms with Crippen molar-refractivity contribution in [3.63, 3.8) is 0 Å². The van der Waals surface area contributed by atoms with Crippen LogP contribution in [0.3, 0.4) is 0 Å². The number of rotatable bonds is 7. The average Bonchev–Trinajstić information content (AvgIpc) is 1.73. The fourth-order valence-electron chi connectivity index (χ4n) is 19.6. The molecule has 3 aliphatic rings. The lowest BCUT2D eigenvalue weighted by molar-refractivity contribution is 1.24. The van der Waals surface area contributed by atoms with Gasteiger partial charge in [0.2, 0.25) is 0 Å². The van der Waals surface area contributed by atoms with Gasteiger partial charge >= 0.3 is 0 Å². The Morgan fingerprint density at radius 3 is 0.974 bits per heavy atom. The van der Waals surface area contributed by atoms with E-state index in [1.54, 1.807) is 0 Å². The number of fused-ring (bicyclic) bond motifs is 27. The molecule has 3 aliphatic carbocycles. The smallest absolute Gasteiger partial charge is 0.0711 e. The van der Waals surface area contributed by atoms with Gasteiger partial charge in [0.15, 0.2) is 0 Å². The third kappa shape index (κ3) is 11.5. The minimum absolute atomic E-state index is 0.910. The Morgan fingerprint density at radius 2 is 0.453 bits per heavy atom. The Hall–Kier alpha value is -15.0. The van der Waals surface area contributed by atoms with Crippen LogP contribution in [0, 0.1) is 0 Å². The molecule has 0 atom stereocenters. The summed E-state index contributed by atoms with van der Waals surface area (Å²) >= 11 is 0. The van der Waals surface area contributed by atoms with E-state index in [-0.39, 0.29) is 0 Å². The summed E-state index contributed by atoms with van der Waals surface area (Å²) in [6.45, 7) is 0. The molecule has 0 spiro atoms. The summed E-state index contributed by atoms with van der Waals surface area (Å²) < 4.78 is 0. The Kier molecular flexibility index (Phi) is 16.2. The van der Waals surface area contributed by atoms with Gasteiger partial charge in [-0.05, 0) is 294 Å². The summed E-state index contributed by atoms with van der Waals surface area (Å²) in [5.41, 5.74) is 33.0. The summed E-state index contributed by atoms with van der Waals surface area (Å²) in [5, 5.41) is 23.4. The predicted octanol–water partition coefficient (Wildman–Crippen LogP) is 30.0. The monoisotopic (exact) mass is 1480 g/mol. The van der Waals surface area contributed by atoms with E-state index in [2.05, 4.69) is 387 Å². The molecule has 19 aromatic carbocycles. The third-order valence-electron chi connectivity index (χ3n) is 25.1. The SMILES string of the molecule is c1ccc(-c2cccc3c2Cc2c(-c4cccc(-c5ccc6c7ccccc7c7ccccc7c6c5)c4)cccc2-3)nc1.c1ccc2c(c1)Cc1c(-c3cc(-c4ccc5c6ccccc6c6ccccc6c5c4)ccn3)cccc1-2.c1ccc2c(c1)Cc1ccc(-c3ccnc(-c4ccc5c6ccccc6c6ccccc6c5c4)c3)cc1-2. The Morgan fingerprint density at radius 1 is 0.137 bits per heavy atom. The van der Waals surface area contributed by atoms with Crippen LogP contribution in [0.5, 0.6) is 0 Å². The molecule has 0 unspecified atom stereocenters. The highest BCUT2D eigenvalue weighted by atomic mass is 14.7. The molecule has 117 heavy (non-hydrogen) atoms. The zero-order valence-corrected chi connectivity index (χ0v) is 64.1. The molecular weight excluding hydrogens is 1410 g/mol. The van der Waals surface area contributed by atoms with Gasteiger partial charge in [-0.3, -0.25) is 15.0 Å². The van der Waals surface area contributed by atoms with E-state index in [4.69, 9.17) is 9.97 Å². The first-order valence-corrected chi connectivity index (χ1v) is 40.6. The van der Waals surface area contributed by atoms with Crippen LogP contribution in [0.1, 0.15) is 33.4 Å². The maximum Gasteiger partial charge on any atom is 0.0711 e. The topological polar surface area (TPSA) is 38.7 Å². The van der Waals surface area contributed by atoms with Crippen LogP contribution in [-0.2, 0) is 19.3 Å². The quantitative estimate of drug-likeness (QED) is 0.149. The van der Waals surface area contributed by atoms with Crippen molar-refractivity contribution in [2.45, 2.75) is 19.3 Å². The lowest BCUT2D eigenvalue weighted by atomic mass is 9.90. The van der Waals surface area contributed by atoms with Gasteiger partial charge in [-0.2, -0.15) is 0 Å². The number of hydrogen-bond acceptors (Lipinski definition) is 3. The van der Waals surface area contributed by atoms with Crippen LogP contribution >= 0.6 is 0 Å². The van der Waals surface area contributed by atoms with E-state index in [0.717, 1.165) is 41.9 Å². The molecule has 0 bridgehead atoms. The number of aromatic nitrogens is 3. The van der Waals surface area contributed by atoms with E-state index < -0.39 is 0 Å². The van der Waals surface area contributed by atoms with Gasteiger partial charge in [-0.25, -0.2) is 0 Å². The van der Waals surface area contributed by atoms with Crippen molar-refractivity contribution in [3.05, 3.63) is 440 Å². The molecule has 544 valence electrons. The first kappa shape index (κ1) is 67.6. The molecule has 0 aliphatic heterocycles. The molecule has 25 rings (SSSR count). The second-order valence-electron chi connectivity index (χ2n) is 31.4. The van der Waals surface area contributed by atoms with Gasteiger partial charge in [0.25, 0.3) is 0 Å². The van der Waals surface area contributed by atoms with Gasteiger partial charge in [0.1, 0.15) is 0 Å². The molecule has 3 heteroatoms. The van der Waals surface area contributed by atoms with Crippen LogP contribution in [-0.4, -0.2) is 15.0 Å². The van der Waals surface area contributed by atoms with E-state index >= 15 is 0 Å². The fourth-order valence-corrected chi connectivity index (χ4v) is 19.6. The lowest BCUT2D eigenvalue weighted by Crippen LogP contribution is -1.91. The van der Waals surface area contributed by atoms with E-state index in [1.165, 1.54) is 219 Å². The molecule has 0 saturated carbocycles. The van der Waals surface area contributed by atoms with Crippen molar-refractivity contribution >= 4 is 97.0 Å². The molecule has 22 aromatic rings. The van der Waals surface area contributed by atoms with Gasteiger partial charge in [-0.15, -0.1) is 0 Å². The first-order chi connectivity index (χ1) is 58.0. The zero-order chi connectivity index (χ0) is 77.0. The van der Waals surface area contributed by atoms with Gasteiger partial charge in [-0.1, -0.05) is 322 Å². The third-order valence-corrected chi connectivity index (χ3v) is 25.1. The van der Waals surface area contributed by atoms with Crippen LogP contribution in [0.25, 0.3) is 209 Å². The van der Waals surface area contributed by atoms with Crippen molar-refractivity contribution in [2.75, 3.05) is 0 Å². The summed E-state index contributed by atoms with van der Waals surface area (Å²) in [5.74, 6) is 0. The van der Waals surface area contributed by atoms with Crippen molar-refractivity contribution < 1.29 is 0 Å². The number of nitrogens with zero attached hydrogens (tertiary/aromatic N) is 3. The average molecular weight is 1480 g/mol. The molecule has 0 N–H and O–H groups in total. The molecule has 3 heterocycles. The zero-order valence-electron chi connectivity index (χ0n) is 64.1. The second-order valence-corrected chi connectivity index (χ2v) is 31.4. The molecule has 0 amide bonds. The molecule has 3 nitrogen and oxygen atoms in total. The maximum absolute atomic E-state index is 4.83. The van der Waals surface area contributed by atoms with Crippen molar-refractivity contribution in [1.29, 1.82) is 0 Å². The van der Waals surface area contributed by atoms with E-state index in [1.807, 2.05) is 24.7 Å². The summed E-state index contributed by atoms with van der Waals surface area (Å²) in [7, 11) is 0. The predicted molar refractivity (Wildman–Crippen MR) is 493 cm³/mol. The second kappa shape index (κ2) is 28.0. The van der Waals surface area contributed by atoms with E-state index in [9.17, 15) is 0 Å². The Labute approximate surface area is 678 Å². The lowest BCUT2D eigenvalue weighted by Gasteiger charge is -2.13. The van der Waals surface area contributed by atoms with Crippen molar-refractivity contribution in [1.82, 2.24) is 15.0 Å². The maximum atomic E-state index is 4.83. The van der Waals surface area contributed by atoms with Gasteiger partial charge < -0.3 is 0 Å². The number of benzene rings is 19. The highest BCUT2D eigenvalue weighted by molar-refractivity contribution is 6.28. The van der Waals surface area contributed by atoms with E-state index in [0.29, 0.717) is 0 Å². The Balaban J connectivity index is 0.000000104. The minimum atomic E-state index is 0.910. The summed E-state index contributed by atoms with van der Waals surface area (Å²) in [6, 6.07) is 142. The highest BCUT2D eigenvalue weighted by Gasteiger charge is 2.27. The van der Waals surface area contributed by atoms with Crippen LogP contribution in [0.15, 0.2) is 407 Å². The molecule has 0 fully saturated rings. The normalized spacial score (nSPS) is 12.2. The fraction of sp³-hybridized carbons (Fsp3) is 0.0263. The largest absolute Gasteiger partial charge is 0.256 e. The van der Waals surface area contributed by atoms with Crippen molar-refractivity contribution in [2.24, 2.45) is 0 Å². The molecular formula is C114H73N3. The molecule has 0 saturated heterocycles. The highest BCUT2D eigenvalue weighted by Crippen LogP contribution is 2.49. The molecule has 3 aromatic heterocycles. The van der Waals surface area contributed by atoms with Crippen LogP contribution in [0.2, 0.25) is 0 Å². The summed E-state index contributed by atoms with van der Waals surface area (Å²) in [6.07, 6.45) is 8.66. The number of pyridine rings is 3. The van der Waals surface area contributed by atoms with Gasteiger partial charge in [0.05, 0.1) is 17.1 Å². The van der Waals surface area contributed by atoms with Crippen LogP contribution in [0.4, 0.5) is 0 Å².